The van der Waals surface area contributed by atoms with Crippen molar-refractivity contribution in [1.82, 2.24) is 10.6 Å². The van der Waals surface area contributed by atoms with E-state index in [1.165, 1.54) is 20.0 Å². The lowest BCUT2D eigenvalue weighted by atomic mass is 9.94. The van der Waals surface area contributed by atoms with Crippen LogP contribution in [0, 0.1) is 5.92 Å². The van der Waals surface area contributed by atoms with E-state index in [2.05, 4.69) is 15.4 Å². The van der Waals surface area contributed by atoms with Gasteiger partial charge in [0.1, 0.15) is 6.04 Å². The summed E-state index contributed by atoms with van der Waals surface area (Å²) in [6.07, 6.45) is 3.73. The maximum Gasteiger partial charge on any atom is 0.328 e. The van der Waals surface area contributed by atoms with Crippen LogP contribution < -0.4 is 10.6 Å². The highest BCUT2D eigenvalue weighted by Gasteiger charge is 2.18. The lowest BCUT2D eigenvalue weighted by Crippen LogP contribution is -2.39. The number of ether oxygens (including phenoxy) is 1. The number of methoxy groups -OCH3 is 1. The zero-order chi connectivity index (χ0) is 12.7. The average Bonchev–Trinajstić information content (AvgIpc) is 2.36. The zero-order valence-corrected chi connectivity index (χ0v) is 10.6. The standard InChI is InChI=1S/C12H22N2O3/c1-9(12(16)17-2)14-11(15)6-5-10-4-3-7-13-8-10/h9-10,13H,3-8H2,1-2H3,(H,14,15)/t9-,10?/m0/s1. The summed E-state index contributed by atoms with van der Waals surface area (Å²) < 4.78 is 4.54. The Hall–Kier alpha value is -1.10. The summed E-state index contributed by atoms with van der Waals surface area (Å²) in [6.45, 7) is 3.72. The van der Waals surface area contributed by atoms with E-state index in [4.69, 9.17) is 0 Å². The number of carbonyl (C=O) groups excluding carboxylic acids is 2. The molecule has 0 aromatic carbocycles. The van der Waals surface area contributed by atoms with Crippen LogP contribution in [0.4, 0.5) is 0 Å². The highest BCUT2D eigenvalue weighted by atomic mass is 16.5. The third kappa shape index (κ3) is 5.17. The van der Waals surface area contributed by atoms with Gasteiger partial charge in [-0.25, -0.2) is 4.79 Å². The van der Waals surface area contributed by atoms with E-state index in [1.807, 2.05) is 0 Å². The molecule has 1 saturated heterocycles. The molecule has 0 aromatic heterocycles. The van der Waals surface area contributed by atoms with Gasteiger partial charge in [-0.05, 0) is 45.2 Å². The minimum atomic E-state index is -0.558. The molecular formula is C12H22N2O3. The van der Waals surface area contributed by atoms with E-state index in [0.29, 0.717) is 12.3 Å². The van der Waals surface area contributed by atoms with Crippen molar-refractivity contribution in [1.29, 1.82) is 0 Å². The fourth-order valence-corrected chi connectivity index (χ4v) is 2.05. The maximum absolute atomic E-state index is 11.6. The number of esters is 1. The molecule has 2 atom stereocenters. The van der Waals surface area contributed by atoms with Crippen molar-refractivity contribution < 1.29 is 14.3 Å². The number of amides is 1. The molecule has 1 rings (SSSR count). The SMILES string of the molecule is COC(=O)[C@H](C)NC(=O)CCC1CCCNC1. The van der Waals surface area contributed by atoms with Gasteiger partial charge in [0.05, 0.1) is 7.11 Å². The molecule has 1 aliphatic rings. The van der Waals surface area contributed by atoms with Crippen LogP contribution in [-0.4, -0.2) is 38.1 Å². The molecule has 2 N–H and O–H groups in total. The maximum atomic E-state index is 11.6. The second-order valence-corrected chi connectivity index (χ2v) is 4.56. The Kier molecular flexibility index (Phi) is 5.97. The summed E-state index contributed by atoms with van der Waals surface area (Å²) in [5.41, 5.74) is 0. The van der Waals surface area contributed by atoms with Gasteiger partial charge in [0.2, 0.25) is 5.91 Å². The molecule has 1 heterocycles. The van der Waals surface area contributed by atoms with Crippen LogP contribution in [-0.2, 0) is 14.3 Å². The van der Waals surface area contributed by atoms with Crippen molar-refractivity contribution in [3.8, 4) is 0 Å². The second-order valence-electron chi connectivity index (χ2n) is 4.56. The minimum absolute atomic E-state index is 0.0755. The molecule has 0 saturated carbocycles. The summed E-state index contributed by atoms with van der Waals surface area (Å²) in [6, 6.07) is -0.558. The number of hydrogen-bond acceptors (Lipinski definition) is 4. The molecule has 0 radical (unpaired) electrons. The Labute approximate surface area is 102 Å². The number of hydrogen-bond donors (Lipinski definition) is 2. The van der Waals surface area contributed by atoms with Crippen molar-refractivity contribution in [2.24, 2.45) is 5.92 Å². The Morgan fingerprint density at radius 1 is 1.53 bits per heavy atom. The molecule has 1 aliphatic heterocycles. The van der Waals surface area contributed by atoms with Crippen molar-refractivity contribution in [2.75, 3.05) is 20.2 Å². The van der Waals surface area contributed by atoms with E-state index < -0.39 is 12.0 Å². The fraction of sp³-hybridized carbons (Fsp3) is 0.833. The normalized spacial score (nSPS) is 21.6. The zero-order valence-electron chi connectivity index (χ0n) is 10.6. The van der Waals surface area contributed by atoms with Gasteiger partial charge in [-0.1, -0.05) is 0 Å². The van der Waals surface area contributed by atoms with E-state index in [-0.39, 0.29) is 5.91 Å². The molecule has 1 fully saturated rings. The van der Waals surface area contributed by atoms with Gasteiger partial charge in [0, 0.05) is 6.42 Å². The van der Waals surface area contributed by atoms with Crippen LogP contribution >= 0.6 is 0 Å². The molecule has 1 amide bonds. The third-order valence-corrected chi connectivity index (χ3v) is 3.11. The fourth-order valence-electron chi connectivity index (χ4n) is 2.05. The Balaban J connectivity index is 2.18. The average molecular weight is 242 g/mol. The molecule has 0 aromatic rings. The molecule has 0 spiro atoms. The van der Waals surface area contributed by atoms with Gasteiger partial charge < -0.3 is 15.4 Å². The van der Waals surface area contributed by atoms with E-state index in [9.17, 15) is 9.59 Å². The van der Waals surface area contributed by atoms with Gasteiger partial charge in [-0.15, -0.1) is 0 Å². The smallest absolute Gasteiger partial charge is 0.328 e. The third-order valence-electron chi connectivity index (χ3n) is 3.11. The highest BCUT2D eigenvalue weighted by Crippen LogP contribution is 2.15. The topological polar surface area (TPSA) is 67.4 Å². The molecule has 0 aliphatic carbocycles. The van der Waals surface area contributed by atoms with Crippen molar-refractivity contribution in [3.63, 3.8) is 0 Å². The first-order chi connectivity index (χ1) is 8.13. The quantitative estimate of drug-likeness (QED) is 0.687. The van der Waals surface area contributed by atoms with E-state index >= 15 is 0 Å². The molecule has 98 valence electrons. The predicted molar refractivity (Wildman–Crippen MR) is 64.4 cm³/mol. The van der Waals surface area contributed by atoms with Crippen LogP contribution in [0.3, 0.4) is 0 Å². The first-order valence-corrected chi connectivity index (χ1v) is 6.21. The second kappa shape index (κ2) is 7.27. The van der Waals surface area contributed by atoms with E-state index in [1.54, 1.807) is 6.92 Å². The lowest BCUT2D eigenvalue weighted by Gasteiger charge is -2.22. The Morgan fingerprint density at radius 3 is 2.88 bits per heavy atom. The van der Waals surface area contributed by atoms with Gasteiger partial charge in [-0.3, -0.25) is 4.79 Å². The van der Waals surface area contributed by atoms with Crippen LogP contribution in [0.25, 0.3) is 0 Å². The first kappa shape index (κ1) is 14.0. The summed E-state index contributed by atoms with van der Waals surface area (Å²) in [5, 5.41) is 5.96. The summed E-state index contributed by atoms with van der Waals surface area (Å²) >= 11 is 0. The number of carbonyl (C=O) groups is 2. The van der Waals surface area contributed by atoms with E-state index in [0.717, 1.165) is 19.5 Å². The Bertz CT molecular complexity index is 262. The van der Waals surface area contributed by atoms with Gasteiger partial charge in [-0.2, -0.15) is 0 Å². The van der Waals surface area contributed by atoms with Crippen LogP contribution in [0.15, 0.2) is 0 Å². The highest BCUT2D eigenvalue weighted by molar-refractivity contribution is 5.83. The van der Waals surface area contributed by atoms with Crippen LogP contribution in [0.1, 0.15) is 32.6 Å². The first-order valence-electron chi connectivity index (χ1n) is 6.21. The number of rotatable bonds is 5. The molecule has 5 nitrogen and oxygen atoms in total. The monoisotopic (exact) mass is 242 g/mol. The lowest BCUT2D eigenvalue weighted by molar-refractivity contribution is -0.144. The Morgan fingerprint density at radius 2 is 2.29 bits per heavy atom. The molecule has 0 bridgehead atoms. The largest absolute Gasteiger partial charge is 0.467 e. The summed E-state index contributed by atoms with van der Waals surface area (Å²) in [7, 11) is 1.32. The van der Waals surface area contributed by atoms with Crippen molar-refractivity contribution in [2.45, 2.75) is 38.6 Å². The van der Waals surface area contributed by atoms with Gasteiger partial charge in [0.25, 0.3) is 0 Å². The van der Waals surface area contributed by atoms with Crippen LogP contribution in [0.5, 0.6) is 0 Å². The predicted octanol–water partition coefficient (Wildman–Crippen LogP) is 0.444. The summed E-state index contributed by atoms with van der Waals surface area (Å²) in [4.78, 5) is 22.7. The minimum Gasteiger partial charge on any atom is -0.467 e. The van der Waals surface area contributed by atoms with Gasteiger partial charge in [0.15, 0.2) is 0 Å². The van der Waals surface area contributed by atoms with Crippen molar-refractivity contribution >= 4 is 11.9 Å². The van der Waals surface area contributed by atoms with Gasteiger partial charge >= 0.3 is 5.97 Å². The van der Waals surface area contributed by atoms with Crippen molar-refractivity contribution in [3.05, 3.63) is 0 Å². The number of nitrogens with one attached hydrogen (secondary N) is 2. The van der Waals surface area contributed by atoms with Crippen LogP contribution in [0.2, 0.25) is 0 Å². The molecular weight excluding hydrogens is 220 g/mol. The molecule has 5 heteroatoms. The number of piperidine rings is 1. The summed E-state index contributed by atoms with van der Waals surface area (Å²) in [5.74, 6) is 0.106. The molecule has 17 heavy (non-hydrogen) atoms. The molecule has 1 unspecified atom stereocenters.